The van der Waals surface area contributed by atoms with Crippen molar-refractivity contribution in [2.24, 2.45) is 5.41 Å². The van der Waals surface area contributed by atoms with Crippen LogP contribution in [0.2, 0.25) is 0 Å². The van der Waals surface area contributed by atoms with Crippen LogP contribution in [0.3, 0.4) is 0 Å². The van der Waals surface area contributed by atoms with Gasteiger partial charge in [-0.25, -0.2) is 8.42 Å². The molecule has 0 atom stereocenters. The Labute approximate surface area is 113 Å². The van der Waals surface area contributed by atoms with Crippen molar-refractivity contribution in [3.63, 3.8) is 0 Å². The monoisotopic (exact) mass is 282 g/mol. The molecule has 1 fully saturated rings. The molecule has 1 aliphatic rings. The van der Waals surface area contributed by atoms with Gasteiger partial charge in [-0.1, -0.05) is 12.1 Å². The molecule has 0 heterocycles. The van der Waals surface area contributed by atoms with Gasteiger partial charge >= 0.3 is 0 Å². The summed E-state index contributed by atoms with van der Waals surface area (Å²) in [7, 11) is -3.05. The molecule has 0 saturated heterocycles. The molecule has 104 valence electrons. The molecule has 1 aromatic rings. The number of anilines is 2. The van der Waals surface area contributed by atoms with Crippen LogP contribution in [0.25, 0.3) is 0 Å². The second-order valence-corrected chi connectivity index (χ2v) is 7.52. The first-order valence-electron chi connectivity index (χ1n) is 6.12. The molecule has 0 bridgehead atoms. The Morgan fingerprint density at radius 3 is 2.53 bits per heavy atom. The Morgan fingerprint density at radius 1 is 1.37 bits per heavy atom. The summed E-state index contributed by atoms with van der Waals surface area (Å²) in [5, 5.41) is 2.73. The van der Waals surface area contributed by atoms with E-state index in [0.29, 0.717) is 11.4 Å². The minimum absolute atomic E-state index is 0.0810. The summed E-state index contributed by atoms with van der Waals surface area (Å²) < 4.78 is 22.7. The van der Waals surface area contributed by atoms with Gasteiger partial charge in [0.2, 0.25) is 5.91 Å². The van der Waals surface area contributed by atoms with Crippen molar-refractivity contribution in [3.8, 4) is 0 Å². The van der Waals surface area contributed by atoms with Crippen LogP contribution in [0.4, 0.5) is 11.4 Å². The fraction of sp³-hybridized carbons (Fsp3) is 0.462. The number of carbonyl (C=O) groups excluding carboxylic acids is 1. The third-order valence-electron chi connectivity index (χ3n) is 3.30. The van der Waals surface area contributed by atoms with E-state index in [1.54, 1.807) is 24.3 Å². The van der Waals surface area contributed by atoms with Crippen LogP contribution in [0, 0.1) is 5.41 Å². The molecule has 0 aromatic heterocycles. The van der Waals surface area contributed by atoms with Gasteiger partial charge in [0.15, 0.2) is 0 Å². The van der Waals surface area contributed by atoms with E-state index in [2.05, 4.69) is 5.32 Å². The van der Waals surface area contributed by atoms with Crippen LogP contribution in [-0.4, -0.2) is 26.3 Å². The topological polar surface area (TPSA) is 89.3 Å². The number of rotatable bonds is 5. The summed E-state index contributed by atoms with van der Waals surface area (Å²) in [6.45, 7) is 0. The van der Waals surface area contributed by atoms with E-state index in [4.69, 9.17) is 5.73 Å². The van der Waals surface area contributed by atoms with E-state index in [-0.39, 0.29) is 23.5 Å². The molecular formula is C13H18N2O3S. The zero-order valence-corrected chi connectivity index (χ0v) is 11.7. The lowest BCUT2D eigenvalue weighted by Gasteiger charge is -2.14. The lowest BCUT2D eigenvalue weighted by Crippen LogP contribution is -2.23. The fourth-order valence-corrected chi connectivity index (χ4v) is 3.75. The van der Waals surface area contributed by atoms with Gasteiger partial charge < -0.3 is 11.1 Å². The molecule has 1 aromatic carbocycles. The second kappa shape index (κ2) is 4.85. The molecule has 3 N–H and O–H groups in total. The summed E-state index contributed by atoms with van der Waals surface area (Å²) in [5.41, 5.74) is 6.45. The summed E-state index contributed by atoms with van der Waals surface area (Å²) in [5.74, 6) is -0.100. The fourth-order valence-electron chi connectivity index (χ4n) is 2.25. The molecule has 0 radical (unpaired) electrons. The molecule has 6 heteroatoms. The number of sulfone groups is 1. The molecule has 19 heavy (non-hydrogen) atoms. The predicted octanol–water partition coefficient (Wildman–Crippen LogP) is 1.42. The lowest BCUT2D eigenvalue weighted by molar-refractivity contribution is -0.117. The first-order valence-corrected chi connectivity index (χ1v) is 8.18. The Hall–Kier alpha value is -1.56. The van der Waals surface area contributed by atoms with Gasteiger partial charge in [-0.3, -0.25) is 4.79 Å². The predicted molar refractivity (Wildman–Crippen MR) is 75.5 cm³/mol. The van der Waals surface area contributed by atoms with E-state index < -0.39 is 9.84 Å². The molecule has 0 aliphatic heterocycles. The van der Waals surface area contributed by atoms with E-state index in [0.717, 1.165) is 12.8 Å². The Morgan fingerprint density at radius 2 is 2.00 bits per heavy atom. The second-order valence-electron chi connectivity index (χ2n) is 5.38. The van der Waals surface area contributed by atoms with Crippen molar-refractivity contribution in [2.75, 3.05) is 23.1 Å². The highest BCUT2D eigenvalue weighted by molar-refractivity contribution is 7.90. The summed E-state index contributed by atoms with van der Waals surface area (Å²) in [4.78, 5) is 11.9. The number of carbonyl (C=O) groups is 1. The normalized spacial score (nSPS) is 16.9. The van der Waals surface area contributed by atoms with Crippen molar-refractivity contribution in [2.45, 2.75) is 19.3 Å². The zero-order valence-electron chi connectivity index (χ0n) is 10.8. The largest absolute Gasteiger partial charge is 0.397 e. The van der Waals surface area contributed by atoms with Crippen LogP contribution < -0.4 is 11.1 Å². The molecule has 2 rings (SSSR count). The average Bonchev–Trinajstić information content (AvgIpc) is 2.98. The van der Waals surface area contributed by atoms with E-state index in [1.165, 1.54) is 6.26 Å². The smallest absolute Gasteiger partial charge is 0.225 e. The SMILES string of the molecule is CS(=O)(=O)CC1(CC(=O)Nc2ccccc2N)CC1. The highest BCUT2D eigenvalue weighted by Gasteiger charge is 2.46. The van der Waals surface area contributed by atoms with Crippen LogP contribution in [0.15, 0.2) is 24.3 Å². The van der Waals surface area contributed by atoms with Crippen LogP contribution in [-0.2, 0) is 14.6 Å². The minimum Gasteiger partial charge on any atom is -0.397 e. The standard InChI is InChI=1S/C13H18N2O3S/c1-19(17,18)9-13(6-7-13)8-12(16)15-11-5-3-2-4-10(11)14/h2-5H,6-9,14H2,1H3,(H,15,16). The lowest BCUT2D eigenvalue weighted by atomic mass is 10.1. The number of nitrogens with two attached hydrogens (primary N) is 1. The maximum absolute atomic E-state index is 11.9. The number of nitrogens with one attached hydrogen (secondary N) is 1. The maximum atomic E-state index is 11.9. The maximum Gasteiger partial charge on any atom is 0.225 e. The van der Waals surface area contributed by atoms with Crippen molar-refractivity contribution in [1.82, 2.24) is 0 Å². The molecule has 1 aliphatic carbocycles. The highest BCUT2D eigenvalue weighted by Crippen LogP contribution is 2.49. The summed E-state index contributed by atoms with van der Waals surface area (Å²) in [6.07, 6.45) is 3.02. The Kier molecular flexibility index (Phi) is 3.54. The third kappa shape index (κ3) is 3.96. The molecule has 5 nitrogen and oxygen atoms in total. The van der Waals surface area contributed by atoms with Gasteiger partial charge in [0, 0.05) is 12.7 Å². The Bertz CT molecular complexity index is 592. The van der Waals surface area contributed by atoms with Crippen molar-refractivity contribution >= 4 is 27.1 Å². The summed E-state index contributed by atoms with van der Waals surface area (Å²) in [6, 6.07) is 7.01. The van der Waals surface area contributed by atoms with Crippen LogP contribution in [0.5, 0.6) is 0 Å². The van der Waals surface area contributed by atoms with E-state index in [9.17, 15) is 13.2 Å². The number of nitrogen functional groups attached to an aromatic ring is 1. The molecular weight excluding hydrogens is 264 g/mol. The zero-order chi connectivity index (χ0) is 14.1. The number of hydrogen-bond donors (Lipinski definition) is 2. The number of amides is 1. The van der Waals surface area contributed by atoms with E-state index >= 15 is 0 Å². The number of benzene rings is 1. The van der Waals surface area contributed by atoms with Crippen LogP contribution in [0.1, 0.15) is 19.3 Å². The van der Waals surface area contributed by atoms with Gasteiger partial charge in [0.25, 0.3) is 0 Å². The van der Waals surface area contributed by atoms with Gasteiger partial charge in [0.1, 0.15) is 9.84 Å². The number of hydrogen-bond acceptors (Lipinski definition) is 4. The molecule has 1 saturated carbocycles. The molecule has 0 unspecified atom stereocenters. The third-order valence-corrected chi connectivity index (χ3v) is 4.43. The van der Waals surface area contributed by atoms with Gasteiger partial charge in [-0.05, 0) is 30.4 Å². The quantitative estimate of drug-likeness (QED) is 0.799. The van der Waals surface area contributed by atoms with Crippen LogP contribution >= 0.6 is 0 Å². The number of para-hydroxylation sites is 2. The van der Waals surface area contributed by atoms with Gasteiger partial charge in [0.05, 0.1) is 17.1 Å². The minimum atomic E-state index is -3.05. The first kappa shape index (κ1) is 13.9. The van der Waals surface area contributed by atoms with Gasteiger partial charge in [-0.15, -0.1) is 0 Å². The average molecular weight is 282 g/mol. The molecule has 1 amide bonds. The first-order chi connectivity index (χ1) is 8.80. The van der Waals surface area contributed by atoms with Crippen molar-refractivity contribution < 1.29 is 13.2 Å². The highest BCUT2D eigenvalue weighted by atomic mass is 32.2. The summed E-state index contributed by atoms with van der Waals surface area (Å²) >= 11 is 0. The Balaban J connectivity index is 1.97. The van der Waals surface area contributed by atoms with Crippen molar-refractivity contribution in [3.05, 3.63) is 24.3 Å². The molecule has 0 spiro atoms. The van der Waals surface area contributed by atoms with E-state index in [1.807, 2.05) is 0 Å². The van der Waals surface area contributed by atoms with Gasteiger partial charge in [-0.2, -0.15) is 0 Å². The van der Waals surface area contributed by atoms with Crippen molar-refractivity contribution in [1.29, 1.82) is 0 Å².